The number of ether oxygens (including phenoxy) is 1. The molecule has 0 saturated carbocycles. The molecule has 0 bridgehead atoms. The van der Waals surface area contributed by atoms with Gasteiger partial charge in [0.2, 0.25) is 0 Å². The molecule has 23 heavy (non-hydrogen) atoms. The molecular formula is C15H16ClFN2O3S. The van der Waals surface area contributed by atoms with Crippen LogP contribution in [0.1, 0.15) is 0 Å². The summed E-state index contributed by atoms with van der Waals surface area (Å²) in [4.78, 5) is 1.63. The van der Waals surface area contributed by atoms with E-state index in [-0.39, 0.29) is 15.6 Å². The highest BCUT2D eigenvalue weighted by molar-refractivity contribution is 7.92. The summed E-state index contributed by atoms with van der Waals surface area (Å²) in [5.74, 6) is -0.175. The monoisotopic (exact) mass is 358 g/mol. The van der Waals surface area contributed by atoms with E-state index in [9.17, 15) is 12.8 Å². The number of sulfonamides is 1. The van der Waals surface area contributed by atoms with Crippen LogP contribution >= 0.6 is 11.6 Å². The van der Waals surface area contributed by atoms with Crippen LogP contribution < -0.4 is 14.4 Å². The second-order valence-electron chi connectivity index (χ2n) is 4.96. The van der Waals surface area contributed by atoms with Crippen molar-refractivity contribution in [1.82, 2.24) is 0 Å². The van der Waals surface area contributed by atoms with E-state index < -0.39 is 15.8 Å². The van der Waals surface area contributed by atoms with Crippen LogP contribution in [0.4, 0.5) is 15.8 Å². The van der Waals surface area contributed by atoms with Crippen molar-refractivity contribution in [2.75, 3.05) is 30.8 Å². The van der Waals surface area contributed by atoms with Gasteiger partial charge >= 0.3 is 0 Å². The van der Waals surface area contributed by atoms with Crippen molar-refractivity contribution in [3.8, 4) is 5.75 Å². The second kappa shape index (κ2) is 6.64. The van der Waals surface area contributed by atoms with Crippen molar-refractivity contribution in [3.05, 3.63) is 47.2 Å². The summed E-state index contributed by atoms with van der Waals surface area (Å²) in [7, 11) is 0.980. The van der Waals surface area contributed by atoms with Gasteiger partial charge in [0.05, 0.1) is 28.4 Å². The Bertz CT molecular complexity index is 825. The molecule has 0 amide bonds. The fourth-order valence-electron chi connectivity index (χ4n) is 2.00. The largest absolute Gasteiger partial charge is 0.495 e. The van der Waals surface area contributed by atoms with Crippen molar-refractivity contribution < 1.29 is 17.5 Å². The number of hydrogen-bond acceptors (Lipinski definition) is 4. The Labute approximate surface area is 139 Å². The van der Waals surface area contributed by atoms with Gasteiger partial charge in [0.15, 0.2) is 0 Å². The Balaban J connectivity index is 2.43. The summed E-state index contributed by atoms with van der Waals surface area (Å²) in [5.41, 5.74) is 0.677. The minimum Gasteiger partial charge on any atom is -0.495 e. The summed E-state index contributed by atoms with van der Waals surface area (Å²) < 4.78 is 45.8. The number of methoxy groups -OCH3 is 1. The van der Waals surface area contributed by atoms with Crippen LogP contribution in [-0.4, -0.2) is 29.6 Å². The molecule has 0 atom stereocenters. The summed E-state index contributed by atoms with van der Waals surface area (Å²) in [6, 6.07) is 7.97. The minimum atomic E-state index is -3.92. The molecule has 0 fully saturated rings. The lowest BCUT2D eigenvalue weighted by molar-refractivity contribution is 0.414. The van der Waals surface area contributed by atoms with Gasteiger partial charge in [0.25, 0.3) is 10.0 Å². The van der Waals surface area contributed by atoms with Crippen molar-refractivity contribution in [2.45, 2.75) is 4.90 Å². The van der Waals surface area contributed by atoms with E-state index in [0.717, 1.165) is 6.07 Å². The van der Waals surface area contributed by atoms with E-state index in [2.05, 4.69) is 4.72 Å². The van der Waals surface area contributed by atoms with E-state index in [0.29, 0.717) is 11.4 Å². The van der Waals surface area contributed by atoms with E-state index in [1.807, 2.05) is 0 Å². The minimum absolute atomic E-state index is 0.0442. The lowest BCUT2D eigenvalue weighted by atomic mass is 10.2. The van der Waals surface area contributed by atoms with E-state index >= 15 is 0 Å². The molecule has 2 aromatic carbocycles. The van der Waals surface area contributed by atoms with Crippen LogP contribution in [0.15, 0.2) is 41.3 Å². The van der Waals surface area contributed by atoms with Crippen molar-refractivity contribution in [1.29, 1.82) is 0 Å². The molecule has 1 N–H and O–H groups in total. The zero-order valence-corrected chi connectivity index (χ0v) is 14.4. The van der Waals surface area contributed by atoms with Crippen LogP contribution in [0.5, 0.6) is 5.75 Å². The molecule has 0 aliphatic heterocycles. The first-order valence-electron chi connectivity index (χ1n) is 6.58. The summed E-state index contributed by atoms with van der Waals surface area (Å²) >= 11 is 5.96. The Morgan fingerprint density at radius 2 is 1.87 bits per heavy atom. The summed E-state index contributed by atoms with van der Waals surface area (Å²) in [6.07, 6.45) is 0. The maximum Gasteiger partial charge on any atom is 0.262 e. The van der Waals surface area contributed by atoms with Crippen LogP contribution in [0.2, 0.25) is 5.02 Å². The maximum absolute atomic E-state index is 13.5. The van der Waals surface area contributed by atoms with Crippen LogP contribution in [0, 0.1) is 5.82 Å². The van der Waals surface area contributed by atoms with Gasteiger partial charge in [-0.3, -0.25) is 4.72 Å². The third-order valence-corrected chi connectivity index (χ3v) is 4.78. The highest BCUT2D eigenvalue weighted by atomic mass is 35.5. The molecule has 0 heterocycles. The molecule has 0 aliphatic rings. The predicted molar refractivity (Wildman–Crippen MR) is 89.5 cm³/mol. The quantitative estimate of drug-likeness (QED) is 0.890. The number of nitrogens with zero attached hydrogens (tertiary/aromatic N) is 1. The number of halogens is 2. The van der Waals surface area contributed by atoms with E-state index in [1.54, 1.807) is 19.0 Å². The van der Waals surface area contributed by atoms with Gasteiger partial charge < -0.3 is 9.64 Å². The molecule has 0 spiro atoms. The fraction of sp³-hybridized carbons (Fsp3) is 0.200. The first-order valence-corrected chi connectivity index (χ1v) is 8.44. The number of anilines is 2. The fourth-order valence-corrected chi connectivity index (χ4v) is 3.41. The number of hydrogen-bond donors (Lipinski definition) is 1. The molecule has 0 saturated heterocycles. The topological polar surface area (TPSA) is 58.6 Å². The zero-order chi connectivity index (χ0) is 17.2. The first kappa shape index (κ1) is 17.4. The van der Waals surface area contributed by atoms with Gasteiger partial charge in [0.1, 0.15) is 11.6 Å². The predicted octanol–water partition coefficient (Wildman–Crippen LogP) is 3.35. The molecule has 0 unspecified atom stereocenters. The maximum atomic E-state index is 13.5. The molecule has 5 nitrogen and oxygen atoms in total. The highest BCUT2D eigenvalue weighted by Gasteiger charge is 2.19. The molecule has 2 rings (SSSR count). The second-order valence-corrected chi connectivity index (χ2v) is 7.05. The normalized spacial score (nSPS) is 11.2. The molecule has 0 aromatic heterocycles. The molecule has 124 valence electrons. The average Bonchev–Trinajstić information content (AvgIpc) is 2.46. The first-order chi connectivity index (χ1) is 10.7. The standard InChI is InChI=1S/C15H16ClFN2O3S/c1-19(2)14-6-4-10(17)8-13(14)18-23(20,21)11-5-7-15(22-3)12(16)9-11/h4-9,18H,1-3H3. The van der Waals surface area contributed by atoms with Crippen LogP contribution in [0.25, 0.3) is 0 Å². The Kier molecular flexibility index (Phi) is 5.01. The third-order valence-electron chi connectivity index (χ3n) is 3.12. The van der Waals surface area contributed by atoms with E-state index in [4.69, 9.17) is 16.3 Å². The Morgan fingerprint density at radius 3 is 2.43 bits per heavy atom. The molecule has 8 heteroatoms. The summed E-state index contributed by atoms with van der Waals surface area (Å²) in [5, 5.41) is 0.169. The Hall–Kier alpha value is -1.99. The molecular weight excluding hydrogens is 343 g/mol. The zero-order valence-electron chi connectivity index (χ0n) is 12.8. The molecule has 0 radical (unpaired) electrons. The number of rotatable bonds is 5. The van der Waals surface area contributed by atoms with Gasteiger partial charge in [-0.05, 0) is 30.3 Å². The van der Waals surface area contributed by atoms with Gasteiger partial charge in [0, 0.05) is 20.2 Å². The van der Waals surface area contributed by atoms with Crippen molar-refractivity contribution >= 4 is 33.0 Å². The van der Waals surface area contributed by atoms with Crippen LogP contribution in [-0.2, 0) is 10.0 Å². The lowest BCUT2D eigenvalue weighted by Gasteiger charge is -2.18. The number of nitrogens with one attached hydrogen (secondary N) is 1. The molecule has 2 aromatic rings. The van der Waals surface area contributed by atoms with Crippen LogP contribution in [0.3, 0.4) is 0 Å². The van der Waals surface area contributed by atoms with Crippen molar-refractivity contribution in [2.24, 2.45) is 0 Å². The van der Waals surface area contributed by atoms with Crippen molar-refractivity contribution in [3.63, 3.8) is 0 Å². The number of benzene rings is 2. The smallest absolute Gasteiger partial charge is 0.262 e. The third kappa shape index (κ3) is 3.86. The van der Waals surface area contributed by atoms with Gasteiger partial charge in [-0.15, -0.1) is 0 Å². The average molecular weight is 359 g/mol. The van der Waals surface area contributed by atoms with Gasteiger partial charge in [-0.1, -0.05) is 11.6 Å². The van der Waals surface area contributed by atoms with Gasteiger partial charge in [-0.25, -0.2) is 12.8 Å². The van der Waals surface area contributed by atoms with Gasteiger partial charge in [-0.2, -0.15) is 0 Å². The summed E-state index contributed by atoms with van der Waals surface area (Å²) in [6.45, 7) is 0. The van der Waals surface area contributed by atoms with E-state index in [1.165, 1.54) is 37.4 Å². The lowest BCUT2D eigenvalue weighted by Crippen LogP contribution is -2.17. The Morgan fingerprint density at radius 1 is 1.17 bits per heavy atom. The highest BCUT2D eigenvalue weighted by Crippen LogP contribution is 2.30. The molecule has 0 aliphatic carbocycles. The SMILES string of the molecule is COc1ccc(S(=O)(=O)Nc2cc(F)ccc2N(C)C)cc1Cl.